The van der Waals surface area contributed by atoms with Crippen LogP contribution in [0.1, 0.15) is 22.6 Å². The Morgan fingerprint density at radius 3 is 1.36 bits per heavy atom. The zero-order valence-corrected chi connectivity index (χ0v) is 13.0. The van der Waals surface area contributed by atoms with Crippen LogP contribution in [0.5, 0.6) is 34.5 Å². The molecule has 6 N–H and O–H groups in total. The monoisotopic (exact) mass is 340 g/mol. The molecule has 3 rings (SSSR count). The van der Waals surface area contributed by atoms with Crippen LogP contribution in [-0.4, -0.2) is 30.6 Å². The molecule has 3 aromatic rings. The van der Waals surface area contributed by atoms with Crippen LogP contribution >= 0.6 is 0 Å². The lowest BCUT2D eigenvalue weighted by atomic mass is 9.83. The molecular formula is C19H16O6. The molecule has 6 heteroatoms. The van der Waals surface area contributed by atoms with Crippen molar-refractivity contribution in [2.45, 2.75) is 5.92 Å². The van der Waals surface area contributed by atoms with Gasteiger partial charge in [-0.25, -0.2) is 0 Å². The lowest BCUT2D eigenvalue weighted by Crippen LogP contribution is -2.05. The van der Waals surface area contributed by atoms with E-state index in [4.69, 9.17) is 0 Å². The molecule has 0 amide bonds. The third-order valence-electron chi connectivity index (χ3n) is 3.97. The SMILES string of the molecule is Oc1ccc(C(c2cc(O)ccc2O)c2cc(O)ccc2O)c(O)c1. The van der Waals surface area contributed by atoms with Gasteiger partial charge in [0, 0.05) is 28.7 Å². The van der Waals surface area contributed by atoms with Crippen LogP contribution in [0.2, 0.25) is 0 Å². The maximum Gasteiger partial charge on any atom is 0.123 e. The Bertz CT molecular complexity index is 884. The van der Waals surface area contributed by atoms with Crippen LogP contribution in [-0.2, 0) is 0 Å². The molecule has 0 aliphatic heterocycles. The third kappa shape index (κ3) is 3.10. The summed E-state index contributed by atoms with van der Waals surface area (Å²) in [7, 11) is 0. The van der Waals surface area contributed by atoms with Crippen LogP contribution in [0.3, 0.4) is 0 Å². The van der Waals surface area contributed by atoms with Gasteiger partial charge in [0.05, 0.1) is 0 Å². The second-order valence-electron chi connectivity index (χ2n) is 5.66. The molecule has 0 fully saturated rings. The van der Waals surface area contributed by atoms with Crippen LogP contribution in [0, 0.1) is 0 Å². The number of benzene rings is 3. The minimum atomic E-state index is -0.903. The summed E-state index contributed by atoms with van der Waals surface area (Å²) in [4.78, 5) is 0. The van der Waals surface area contributed by atoms with Gasteiger partial charge >= 0.3 is 0 Å². The average molecular weight is 340 g/mol. The van der Waals surface area contributed by atoms with Crippen LogP contribution in [0.15, 0.2) is 54.6 Å². The van der Waals surface area contributed by atoms with E-state index in [1.165, 1.54) is 48.5 Å². The fraction of sp³-hybridized carbons (Fsp3) is 0.0526. The Morgan fingerprint density at radius 2 is 0.880 bits per heavy atom. The highest BCUT2D eigenvalue weighted by molar-refractivity contribution is 5.58. The minimum absolute atomic E-state index is 0.115. The van der Waals surface area contributed by atoms with Crippen molar-refractivity contribution in [1.29, 1.82) is 0 Å². The summed E-state index contributed by atoms with van der Waals surface area (Å²) >= 11 is 0. The molecule has 0 spiro atoms. The molecule has 128 valence electrons. The fourth-order valence-corrected chi connectivity index (χ4v) is 2.83. The highest BCUT2D eigenvalue weighted by atomic mass is 16.3. The molecule has 0 unspecified atom stereocenters. The molecule has 0 bridgehead atoms. The lowest BCUT2D eigenvalue weighted by Gasteiger charge is -2.22. The van der Waals surface area contributed by atoms with E-state index in [2.05, 4.69) is 0 Å². The zero-order valence-electron chi connectivity index (χ0n) is 13.0. The Kier molecular flexibility index (Phi) is 4.02. The summed E-state index contributed by atoms with van der Waals surface area (Å²) in [5.74, 6) is -1.89. The Balaban J connectivity index is 2.32. The second-order valence-corrected chi connectivity index (χ2v) is 5.66. The Labute approximate surface area is 143 Å². The predicted octanol–water partition coefficient (Wildman–Crippen LogP) is 3.10. The van der Waals surface area contributed by atoms with Crippen molar-refractivity contribution in [1.82, 2.24) is 0 Å². The van der Waals surface area contributed by atoms with E-state index in [9.17, 15) is 30.6 Å². The predicted molar refractivity (Wildman–Crippen MR) is 90.3 cm³/mol. The van der Waals surface area contributed by atoms with E-state index in [0.717, 1.165) is 6.07 Å². The third-order valence-corrected chi connectivity index (χ3v) is 3.97. The number of hydrogen-bond acceptors (Lipinski definition) is 6. The summed E-state index contributed by atoms with van der Waals surface area (Å²) < 4.78 is 0. The van der Waals surface area contributed by atoms with E-state index in [-0.39, 0.29) is 51.2 Å². The smallest absolute Gasteiger partial charge is 0.123 e. The van der Waals surface area contributed by atoms with E-state index in [0.29, 0.717) is 0 Å². The number of phenols is 6. The maximum absolute atomic E-state index is 10.3. The molecule has 6 nitrogen and oxygen atoms in total. The van der Waals surface area contributed by atoms with Crippen molar-refractivity contribution in [2.24, 2.45) is 0 Å². The van der Waals surface area contributed by atoms with Crippen molar-refractivity contribution in [3.8, 4) is 34.5 Å². The number of phenolic OH excluding ortho intramolecular Hbond substituents is 6. The molecule has 0 aromatic heterocycles. The molecule has 0 saturated carbocycles. The van der Waals surface area contributed by atoms with Crippen molar-refractivity contribution in [3.63, 3.8) is 0 Å². The summed E-state index contributed by atoms with van der Waals surface area (Å²) in [6.45, 7) is 0. The maximum atomic E-state index is 10.3. The van der Waals surface area contributed by atoms with E-state index in [1.807, 2.05) is 0 Å². The summed E-state index contributed by atoms with van der Waals surface area (Å²) in [5.41, 5.74) is 0.684. The van der Waals surface area contributed by atoms with Gasteiger partial charge in [0.25, 0.3) is 0 Å². The number of rotatable bonds is 3. The summed E-state index contributed by atoms with van der Waals surface area (Å²) in [6.07, 6.45) is 0. The van der Waals surface area contributed by atoms with Crippen molar-refractivity contribution in [2.75, 3.05) is 0 Å². The fourth-order valence-electron chi connectivity index (χ4n) is 2.83. The average Bonchev–Trinajstić information content (AvgIpc) is 2.56. The molecule has 0 heterocycles. The van der Waals surface area contributed by atoms with E-state index >= 15 is 0 Å². The van der Waals surface area contributed by atoms with Crippen molar-refractivity contribution >= 4 is 0 Å². The molecule has 25 heavy (non-hydrogen) atoms. The first kappa shape index (κ1) is 16.3. The first-order chi connectivity index (χ1) is 11.9. The Hall–Kier alpha value is -3.54. The van der Waals surface area contributed by atoms with E-state index < -0.39 is 5.92 Å². The molecular weight excluding hydrogens is 324 g/mol. The highest BCUT2D eigenvalue weighted by Gasteiger charge is 2.26. The van der Waals surface area contributed by atoms with Crippen LogP contribution in [0.25, 0.3) is 0 Å². The Morgan fingerprint density at radius 1 is 0.440 bits per heavy atom. The molecule has 0 saturated heterocycles. The van der Waals surface area contributed by atoms with Crippen molar-refractivity contribution < 1.29 is 30.6 Å². The molecule has 0 aliphatic rings. The second kappa shape index (κ2) is 6.16. The van der Waals surface area contributed by atoms with Gasteiger partial charge in [0.2, 0.25) is 0 Å². The normalized spacial score (nSPS) is 10.9. The van der Waals surface area contributed by atoms with Gasteiger partial charge in [-0.15, -0.1) is 0 Å². The largest absolute Gasteiger partial charge is 0.508 e. The molecule has 0 atom stereocenters. The van der Waals surface area contributed by atoms with Gasteiger partial charge in [-0.2, -0.15) is 0 Å². The standard InChI is InChI=1S/C19H16O6/c20-10-2-5-16(23)14(7-10)19(13-4-1-12(22)9-18(13)25)15-8-11(21)3-6-17(15)24/h1-9,19-25H. The van der Waals surface area contributed by atoms with E-state index in [1.54, 1.807) is 0 Å². The van der Waals surface area contributed by atoms with Gasteiger partial charge in [-0.05, 0) is 42.5 Å². The lowest BCUT2D eigenvalue weighted by molar-refractivity contribution is 0.435. The highest BCUT2D eigenvalue weighted by Crippen LogP contribution is 2.45. The van der Waals surface area contributed by atoms with Crippen molar-refractivity contribution in [3.05, 3.63) is 71.3 Å². The van der Waals surface area contributed by atoms with Gasteiger partial charge in [-0.3, -0.25) is 0 Å². The first-order valence-electron chi connectivity index (χ1n) is 7.42. The molecule has 0 radical (unpaired) electrons. The van der Waals surface area contributed by atoms with Crippen LogP contribution < -0.4 is 0 Å². The summed E-state index contributed by atoms with van der Waals surface area (Å²) in [6, 6.07) is 11.7. The molecule has 0 aliphatic carbocycles. The van der Waals surface area contributed by atoms with Gasteiger partial charge in [0.1, 0.15) is 34.5 Å². The van der Waals surface area contributed by atoms with Gasteiger partial charge in [-0.1, -0.05) is 6.07 Å². The number of aromatic hydroxyl groups is 6. The zero-order chi connectivity index (χ0) is 18.1. The first-order valence-corrected chi connectivity index (χ1v) is 7.42. The number of hydrogen-bond donors (Lipinski definition) is 6. The quantitative estimate of drug-likeness (QED) is 0.322. The van der Waals surface area contributed by atoms with Gasteiger partial charge in [0.15, 0.2) is 0 Å². The molecule has 3 aromatic carbocycles. The summed E-state index contributed by atoms with van der Waals surface area (Å²) in [5, 5.41) is 59.9. The van der Waals surface area contributed by atoms with Crippen LogP contribution in [0.4, 0.5) is 0 Å². The topological polar surface area (TPSA) is 121 Å². The van der Waals surface area contributed by atoms with Gasteiger partial charge < -0.3 is 30.6 Å². The minimum Gasteiger partial charge on any atom is -0.508 e.